The minimum atomic E-state index is 0. The number of hydrogen-bond donors (Lipinski definition) is 2. The molecule has 0 saturated heterocycles. The van der Waals surface area contributed by atoms with Gasteiger partial charge in [-0.1, -0.05) is 127 Å². The Bertz CT molecular complexity index is 479. The number of benzene rings is 1. The van der Waals surface area contributed by atoms with Crippen LogP contribution in [0.15, 0.2) is 30.3 Å². The predicted octanol–water partition coefficient (Wildman–Crippen LogP) is 4.17. The first-order valence-corrected chi connectivity index (χ1v) is 12.9. The van der Waals surface area contributed by atoms with Gasteiger partial charge in [-0.2, -0.15) is 0 Å². The maximum Gasteiger partial charge on any atom is 0.182 e. The second kappa shape index (κ2) is 21.2. The van der Waals surface area contributed by atoms with Crippen molar-refractivity contribution in [2.24, 2.45) is 0 Å². The molecule has 31 heavy (non-hydrogen) atoms. The molecule has 0 aliphatic heterocycles. The van der Waals surface area contributed by atoms with Gasteiger partial charge in [0.05, 0.1) is 6.54 Å². The molecule has 0 heterocycles. The van der Waals surface area contributed by atoms with Crippen LogP contribution < -0.4 is 12.4 Å². The molecule has 0 aliphatic rings. The second-order valence-electron chi connectivity index (χ2n) is 9.30. The number of aliphatic hydroxyl groups is 2. The lowest BCUT2D eigenvalue weighted by molar-refractivity contribution is -0.973. The third-order valence-corrected chi connectivity index (χ3v) is 6.45. The molecule has 4 heteroatoms. The van der Waals surface area contributed by atoms with Crippen LogP contribution in [0.25, 0.3) is 0 Å². The van der Waals surface area contributed by atoms with Gasteiger partial charge in [-0.05, 0) is 12.8 Å². The molecule has 0 aliphatic carbocycles. The summed E-state index contributed by atoms with van der Waals surface area (Å²) in [6.45, 7) is 3.84. The van der Waals surface area contributed by atoms with E-state index in [1.165, 1.54) is 102 Å². The molecule has 182 valence electrons. The Hall–Kier alpha value is -0.610. The maximum absolute atomic E-state index is 9.88. The first-order valence-electron chi connectivity index (χ1n) is 12.9. The van der Waals surface area contributed by atoms with E-state index < -0.39 is 0 Å². The highest BCUT2D eigenvalue weighted by atomic mass is 35.5. The highest BCUT2D eigenvalue weighted by Gasteiger charge is 2.25. The van der Waals surface area contributed by atoms with Gasteiger partial charge >= 0.3 is 0 Å². The van der Waals surface area contributed by atoms with Crippen molar-refractivity contribution in [2.75, 3.05) is 20.0 Å². The van der Waals surface area contributed by atoms with Gasteiger partial charge in [0.2, 0.25) is 0 Å². The molecule has 0 unspecified atom stereocenters. The summed E-state index contributed by atoms with van der Waals surface area (Å²) in [5.74, 6) is 0. The molecule has 0 fully saturated rings. The number of hydrogen-bond acceptors (Lipinski definition) is 2. The van der Waals surface area contributed by atoms with Gasteiger partial charge in [0, 0.05) is 5.56 Å². The van der Waals surface area contributed by atoms with Gasteiger partial charge in [-0.15, -0.1) is 0 Å². The Morgan fingerprint density at radius 1 is 0.581 bits per heavy atom. The Morgan fingerprint density at radius 2 is 0.968 bits per heavy atom. The van der Waals surface area contributed by atoms with Crippen LogP contribution >= 0.6 is 0 Å². The van der Waals surface area contributed by atoms with Gasteiger partial charge in [0.15, 0.2) is 13.5 Å². The number of aliphatic hydroxyl groups excluding tert-OH is 2. The quantitative estimate of drug-likeness (QED) is 0.166. The van der Waals surface area contributed by atoms with Crippen LogP contribution in [-0.2, 0) is 6.54 Å². The zero-order valence-electron chi connectivity index (χ0n) is 20.2. The van der Waals surface area contributed by atoms with Crippen molar-refractivity contribution in [1.82, 2.24) is 0 Å². The number of unbranched alkanes of at least 4 members (excludes halogenated alkanes) is 15. The topological polar surface area (TPSA) is 40.5 Å². The molecule has 0 radical (unpaired) electrons. The Morgan fingerprint density at radius 3 is 1.35 bits per heavy atom. The summed E-state index contributed by atoms with van der Waals surface area (Å²) in [7, 11) is 0. The molecule has 1 rings (SSSR count). The first-order chi connectivity index (χ1) is 14.8. The lowest BCUT2D eigenvalue weighted by atomic mass is 10.0. The summed E-state index contributed by atoms with van der Waals surface area (Å²) >= 11 is 0. The minimum absolute atomic E-state index is 0. The molecule has 3 nitrogen and oxygen atoms in total. The van der Waals surface area contributed by atoms with Gasteiger partial charge in [0.25, 0.3) is 0 Å². The van der Waals surface area contributed by atoms with Crippen molar-refractivity contribution in [3.8, 4) is 0 Å². The summed E-state index contributed by atoms with van der Waals surface area (Å²) < 4.78 is 0.364. The zero-order chi connectivity index (χ0) is 21.8. The number of halogens is 1. The van der Waals surface area contributed by atoms with E-state index in [1.54, 1.807) is 0 Å². The van der Waals surface area contributed by atoms with E-state index in [0.717, 1.165) is 13.0 Å². The highest BCUT2D eigenvalue weighted by molar-refractivity contribution is 5.13. The molecule has 0 bridgehead atoms. The summed E-state index contributed by atoms with van der Waals surface area (Å²) in [6.07, 6.45) is 21.8. The van der Waals surface area contributed by atoms with Crippen LogP contribution in [0.2, 0.25) is 0 Å². The average molecular weight is 456 g/mol. The molecule has 0 aromatic heterocycles. The largest absolute Gasteiger partial charge is 1.00 e. The van der Waals surface area contributed by atoms with E-state index in [9.17, 15) is 10.2 Å². The van der Waals surface area contributed by atoms with Crippen LogP contribution in [0.5, 0.6) is 0 Å². The van der Waals surface area contributed by atoms with Crippen molar-refractivity contribution in [3.63, 3.8) is 0 Å². The van der Waals surface area contributed by atoms with Crippen LogP contribution in [0, 0.1) is 0 Å². The summed E-state index contributed by atoms with van der Waals surface area (Å²) in [5.41, 5.74) is 1.18. The lowest BCUT2D eigenvalue weighted by Crippen LogP contribution is -3.00. The molecule has 0 atom stereocenters. The molecule has 1 aromatic rings. The molecule has 2 N–H and O–H groups in total. The third-order valence-electron chi connectivity index (χ3n) is 6.45. The maximum atomic E-state index is 9.88. The normalized spacial score (nSPS) is 11.5. The second-order valence-corrected chi connectivity index (χ2v) is 9.30. The molecule has 0 saturated carbocycles. The monoisotopic (exact) mass is 455 g/mol. The minimum Gasteiger partial charge on any atom is -1.00 e. The Labute approximate surface area is 199 Å². The molecule has 1 aromatic carbocycles. The van der Waals surface area contributed by atoms with Crippen LogP contribution in [0.3, 0.4) is 0 Å². The van der Waals surface area contributed by atoms with Crippen LogP contribution in [-0.4, -0.2) is 34.7 Å². The van der Waals surface area contributed by atoms with Gasteiger partial charge in [-0.3, -0.25) is 4.48 Å². The average Bonchev–Trinajstić information content (AvgIpc) is 2.78. The predicted molar refractivity (Wildman–Crippen MR) is 129 cm³/mol. The molecular weight excluding hydrogens is 406 g/mol. The van der Waals surface area contributed by atoms with Crippen molar-refractivity contribution >= 4 is 0 Å². The van der Waals surface area contributed by atoms with E-state index in [-0.39, 0.29) is 25.9 Å². The van der Waals surface area contributed by atoms with E-state index in [4.69, 9.17) is 0 Å². The standard InChI is InChI=1S/C27H50NO2.ClH/c1-2-3-4-5-6-7-8-9-10-11-12-13-14-15-16-20-23-28(25-29,26-30)24-27-21-18-17-19-22-27;/h17-19,21-22,29-30H,2-16,20,23-26H2,1H3;1H/q+1;/p-1. The highest BCUT2D eigenvalue weighted by Crippen LogP contribution is 2.17. The smallest absolute Gasteiger partial charge is 0.182 e. The molecule has 0 amide bonds. The summed E-state index contributed by atoms with van der Waals surface area (Å²) in [6, 6.07) is 10.2. The first kappa shape index (κ1) is 30.4. The van der Waals surface area contributed by atoms with E-state index in [1.807, 2.05) is 18.2 Å². The molecule has 0 spiro atoms. The number of nitrogens with zero attached hydrogens (tertiary/aromatic N) is 1. The van der Waals surface area contributed by atoms with E-state index in [0.29, 0.717) is 11.0 Å². The fourth-order valence-corrected chi connectivity index (χ4v) is 4.33. The fraction of sp³-hybridized carbons (Fsp3) is 0.778. The van der Waals surface area contributed by atoms with Gasteiger partial charge in [0.1, 0.15) is 6.54 Å². The van der Waals surface area contributed by atoms with Crippen molar-refractivity contribution in [1.29, 1.82) is 0 Å². The number of quaternary nitrogens is 1. The van der Waals surface area contributed by atoms with Crippen molar-refractivity contribution in [3.05, 3.63) is 35.9 Å². The number of rotatable bonds is 21. The Balaban J connectivity index is 0.00000900. The van der Waals surface area contributed by atoms with Crippen LogP contribution in [0.1, 0.15) is 115 Å². The summed E-state index contributed by atoms with van der Waals surface area (Å²) in [5, 5.41) is 19.8. The van der Waals surface area contributed by atoms with Gasteiger partial charge in [-0.25, -0.2) is 0 Å². The fourth-order valence-electron chi connectivity index (χ4n) is 4.33. The van der Waals surface area contributed by atoms with E-state index >= 15 is 0 Å². The van der Waals surface area contributed by atoms with E-state index in [2.05, 4.69) is 19.1 Å². The van der Waals surface area contributed by atoms with Crippen LogP contribution in [0.4, 0.5) is 0 Å². The van der Waals surface area contributed by atoms with Crippen molar-refractivity contribution < 1.29 is 27.1 Å². The summed E-state index contributed by atoms with van der Waals surface area (Å²) in [4.78, 5) is 0. The van der Waals surface area contributed by atoms with Crippen molar-refractivity contribution in [2.45, 2.75) is 116 Å². The zero-order valence-corrected chi connectivity index (χ0v) is 21.0. The molecular formula is C27H50ClNO2. The third kappa shape index (κ3) is 15.8. The van der Waals surface area contributed by atoms with Gasteiger partial charge < -0.3 is 22.6 Å². The lowest BCUT2D eigenvalue weighted by Gasteiger charge is -2.34. The Kier molecular flexibility index (Phi) is 20.8. The SMILES string of the molecule is CCCCCCCCCCCCCCCCCC[N+](CO)(CO)Cc1ccccc1.[Cl-].